The quantitative estimate of drug-likeness (QED) is 0.627. The Morgan fingerprint density at radius 2 is 2.31 bits per heavy atom. The lowest BCUT2D eigenvalue weighted by Crippen LogP contribution is -2.15. The summed E-state index contributed by atoms with van der Waals surface area (Å²) in [5.41, 5.74) is 8.21. The summed E-state index contributed by atoms with van der Waals surface area (Å²) in [5, 5.41) is 8.84. The van der Waals surface area contributed by atoms with Crippen LogP contribution in [-0.2, 0) is 0 Å². The molecule has 4 heteroatoms. The van der Waals surface area contributed by atoms with Crippen molar-refractivity contribution in [3.63, 3.8) is 0 Å². The van der Waals surface area contributed by atoms with Gasteiger partial charge in [0.1, 0.15) is 0 Å². The van der Waals surface area contributed by atoms with Crippen LogP contribution in [0.5, 0.6) is 0 Å². The molecule has 0 saturated heterocycles. The number of nitrogens with one attached hydrogen (secondary N) is 1. The van der Waals surface area contributed by atoms with Gasteiger partial charge in [0.15, 0.2) is 0 Å². The summed E-state index contributed by atoms with van der Waals surface area (Å²) >= 11 is 0. The topological polar surface area (TPSA) is 74.9 Å². The number of aliphatic hydroxyl groups excluding tert-OH is 1. The Balaban J connectivity index is 2.48. The highest BCUT2D eigenvalue weighted by Gasteiger charge is 2.06. The molecule has 0 saturated carbocycles. The van der Waals surface area contributed by atoms with Crippen molar-refractivity contribution in [2.24, 2.45) is 5.73 Å². The zero-order valence-corrected chi connectivity index (χ0v) is 7.07. The minimum atomic E-state index is -0.390. The van der Waals surface area contributed by atoms with Crippen molar-refractivity contribution in [1.29, 1.82) is 0 Å². The van der Waals surface area contributed by atoms with Crippen LogP contribution in [0.2, 0.25) is 0 Å². The SMILES string of the molecule is N[C@@H](CO)c1ccc2[nH]ccc2n1. The Morgan fingerprint density at radius 1 is 1.46 bits per heavy atom. The van der Waals surface area contributed by atoms with E-state index in [9.17, 15) is 0 Å². The van der Waals surface area contributed by atoms with Crippen LogP contribution in [0, 0.1) is 0 Å². The van der Waals surface area contributed by atoms with Gasteiger partial charge in [-0.1, -0.05) is 0 Å². The molecule has 0 aliphatic rings. The largest absolute Gasteiger partial charge is 0.394 e. The summed E-state index contributed by atoms with van der Waals surface area (Å²) in [4.78, 5) is 7.33. The minimum Gasteiger partial charge on any atom is -0.394 e. The van der Waals surface area contributed by atoms with Crippen molar-refractivity contribution < 1.29 is 5.11 Å². The van der Waals surface area contributed by atoms with Gasteiger partial charge in [-0.3, -0.25) is 0 Å². The lowest BCUT2D eigenvalue weighted by Gasteiger charge is -2.06. The molecular weight excluding hydrogens is 166 g/mol. The molecule has 0 bridgehead atoms. The van der Waals surface area contributed by atoms with E-state index in [-0.39, 0.29) is 12.6 Å². The molecule has 0 aromatic carbocycles. The van der Waals surface area contributed by atoms with Crippen molar-refractivity contribution in [2.45, 2.75) is 6.04 Å². The van der Waals surface area contributed by atoms with Gasteiger partial charge in [0, 0.05) is 6.20 Å². The monoisotopic (exact) mass is 177 g/mol. The smallest absolute Gasteiger partial charge is 0.0882 e. The number of nitrogens with two attached hydrogens (primary N) is 1. The summed E-state index contributed by atoms with van der Waals surface area (Å²) in [7, 11) is 0. The zero-order valence-electron chi connectivity index (χ0n) is 7.07. The van der Waals surface area contributed by atoms with E-state index in [1.54, 1.807) is 0 Å². The molecule has 13 heavy (non-hydrogen) atoms. The maximum Gasteiger partial charge on any atom is 0.0882 e. The van der Waals surface area contributed by atoms with Gasteiger partial charge in [0.2, 0.25) is 0 Å². The number of nitrogens with zero attached hydrogens (tertiary/aromatic N) is 1. The summed E-state index contributed by atoms with van der Waals surface area (Å²) < 4.78 is 0. The summed E-state index contributed by atoms with van der Waals surface area (Å²) in [6, 6.07) is 5.22. The van der Waals surface area contributed by atoms with Crippen LogP contribution >= 0.6 is 0 Å². The number of aromatic nitrogens is 2. The van der Waals surface area contributed by atoms with E-state index in [1.165, 1.54) is 0 Å². The van der Waals surface area contributed by atoms with Gasteiger partial charge in [0.05, 0.1) is 29.4 Å². The van der Waals surface area contributed by atoms with Crippen molar-refractivity contribution >= 4 is 11.0 Å². The first-order valence-electron chi connectivity index (χ1n) is 4.12. The number of aromatic amines is 1. The Morgan fingerprint density at radius 3 is 3.08 bits per heavy atom. The third-order valence-corrected chi connectivity index (χ3v) is 2.00. The molecule has 2 aromatic heterocycles. The number of pyridine rings is 1. The van der Waals surface area contributed by atoms with Gasteiger partial charge >= 0.3 is 0 Å². The van der Waals surface area contributed by atoms with E-state index < -0.39 is 0 Å². The van der Waals surface area contributed by atoms with Gasteiger partial charge < -0.3 is 15.8 Å². The second-order valence-electron chi connectivity index (χ2n) is 2.94. The van der Waals surface area contributed by atoms with E-state index in [0.29, 0.717) is 0 Å². The fraction of sp³-hybridized carbons (Fsp3) is 0.222. The van der Waals surface area contributed by atoms with E-state index in [2.05, 4.69) is 9.97 Å². The average Bonchev–Trinajstić information content (AvgIpc) is 2.63. The lowest BCUT2D eigenvalue weighted by molar-refractivity contribution is 0.266. The highest BCUT2D eigenvalue weighted by Crippen LogP contribution is 2.13. The number of H-pyrrole nitrogens is 1. The molecule has 68 valence electrons. The second-order valence-corrected chi connectivity index (χ2v) is 2.94. The number of hydrogen-bond acceptors (Lipinski definition) is 3. The molecule has 2 rings (SSSR count). The van der Waals surface area contributed by atoms with Crippen molar-refractivity contribution in [1.82, 2.24) is 9.97 Å². The number of rotatable bonds is 2. The highest BCUT2D eigenvalue weighted by atomic mass is 16.3. The lowest BCUT2D eigenvalue weighted by atomic mass is 10.2. The third kappa shape index (κ3) is 1.41. The summed E-state index contributed by atoms with van der Waals surface area (Å²) in [6.45, 7) is -0.0804. The van der Waals surface area contributed by atoms with E-state index >= 15 is 0 Å². The van der Waals surface area contributed by atoms with Crippen LogP contribution in [0.25, 0.3) is 11.0 Å². The van der Waals surface area contributed by atoms with Gasteiger partial charge in [0.25, 0.3) is 0 Å². The molecule has 0 aliphatic heterocycles. The molecule has 0 radical (unpaired) electrons. The Kier molecular flexibility index (Phi) is 2.00. The number of aliphatic hydroxyl groups is 1. The van der Waals surface area contributed by atoms with Gasteiger partial charge in [-0.2, -0.15) is 0 Å². The molecule has 1 atom stereocenters. The standard InChI is InChI=1S/C9H11N3O/c10-6(5-13)7-1-2-8-9(12-7)3-4-11-8/h1-4,6,11,13H,5,10H2/t6-/m0/s1. The van der Waals surface area contributed by atoms with E-state index in [0.717, 1.165) is 16.7 Å². The molecule has 4 N–H and O–H groups in total. The van der Waals surface area contributed by atoms with Gasteiger partial charge in [-0.15, -0.1) is 0 Å². The molecular formula is C9H11N3O. The molecule has 0 spiro atoms. The number of hydrogen-bond donors (Lipinski definition) is 3. The summed E-state index contributed by atoms with van der Waals surface area (Å²) in [6.07, 6.45) is 1.83. The number of fused-ring (bicyclic) bond motifs is 1. The van der Waals surface area contributed by atoms with Crippen LogP contribution in [0.4, 0.5) is 0 Å². The van der Waals surface area contributed by atoms with Crippen LogP contribution < -0.4 is 5.73 Å². The second kappa shape index (κ2) is 3.16. The summed E-state index contributed by atoms with van der Waals surface area (Å²) in [5.74, 6) is 0. The van der Waals surface area contributed by atoms with Gasteiger partial charge in [-0.25, -0.2) is 4.98 Å². The maximum atomic E-state index is 8.84. The maximum absolute atomic E-state index is 8.84. The first-order valence-corrected chi connectivity index (χ1v) is 4.12. The van der Waals surface area contributed by atoms with Crippen LogP contribution in [-0.4, -0.2) is 21.7 Å². The predicted octanol–water partition coefficient (Wildman–Crippen LogP) is 0.555. The van der Waals surface area contributed by atoms with Crippen molar-refractivity contribution in [3.05, 3.63) is 30.1 Å². The van der Waals surface area contributed by atoms with Crippen LogP contribution in [0.1, 0.15) is 11.7 Å². The molecule has 0 amide bonds. The normalized spacial score (nSPS) is 13.4. The average molecular weight is 177 g/mol. The van der Waals surface area contributed by atoms with Crippen LogP contribution in [0.15, 0.2) is 24.4 Å². The van der Waals surface area contributed by atoms with Crippen molar-refractivity contribution in [2.75, 3.05) is 6.61 Å². The first kappa shape index (κ1) is 8.22. The third-order valence-electron chi connectivity index (χ3n) is 2.00. The van der Waals surface area contributed by atoms with Crippen LogP contribution in [0.3, 0.4) is 0 Å². The molecule has 2 aromatic rings. The van der Waals surface area contributed by atoms with E-state index in [4.69, 9.17) is 10.8 Å². The Labute approximate surface area is 75.4 Å². The highest BCUT2D eigenvalue weighted by molar-refractivity contribution is 5.74. The Hall–Kier alpha value is -1.39. The molecule has 0 aliphatic carbocycles. The minimum absolute atomic E-state index is 0.0804. The van der Waals surface area contributed by atoms with Gasteiger partial charge in [-0.05, 0) is 18.2 Å². The molecule has 0 fully saturated rings. The fourth-order valence-corrected chi connectivity index (χ4v) is 1.25. The Bertz CT molecular complexity index is 410. The molecule has 2 heterocycles. The molecule has 4 nitrogen and oxygen atoms in total. The van der Waals surface area contributed by atoms with E-state index in [1.807, 2.05) is 24.4 Å². The zero-order chi connectivity index (χ0) is 9.26. The first-order chi connectivity index (χ1) is 6.31. The predicted molar refractivity (Wildman–Crippen MR) is 50.1 cm³/mol. The van der Waals surface area contributed by atoms with Crippen molar-refractivity contribution in [3.8, 4) is 0 Å². The molecule has 0 unspecified atom stereocenters. The fourth-order valence-electron chi connectivity index (χ4n) is 1.25.